The maximum absolute atomic E-state index is 10.6. The number of hydrogen-bond acceptors (Lipinski definition) is 5. The number of carbonyl (C=O) groups excluding carboxylic acids is 1. The number of aliphatic carboxylic acids is 1. The van der Waals surface area contributed by atoms with E-state index in [-0.39, 0.29) is 18.1 Å². The Kier molecular flexibility index (Phi) is 5.83. The van der Waals surface area contributed by atoms with Crippen LogP contribution in [0.1, 0.15) is 12.0 Å². The van der Waals surface area contributed by atoms with E-state index < -0.39 is 5.97 Å². The minimum Gasteiger partial charge on any atom is -0.550 e. The van der Waals surface area contributed by atoms with Crippen LogP contribution in [0.25, 0.3) is 11.3 Å². The zero-order chi connectivity index (χ0) is 16.8. The second kappa shape index (κ2) is 7.84. The van der Waals surface area contributed by atoms with E-state index in [1.807, 2.05) is 24.3 Å². The Labute approximate surface area is 146 Å². The molecule has 1 heterocycles. The van der Waals surface area contributed by atoms with Crippen LogP contribution in [0.15, 0.2) is 40.0 Å². The molecule has 1 aromatic carbocycles. The van der Waals surface area contributed by atoms with E-state index in [1.54, 1.807) is 6.20 Å². The van der Waals surface area contributed by atoms with Crippen LogP contribution in [0.2, 0.25) is 0 Å². The van der Waals surface area contributed by atoms with Crippen molar-refractivity contribution in [2.24, 2.45) is 10.8 Å². The molecule has 0 aliphatic rings. The van der Waals surface area contributed by atoms with Crippen molar-refractivity contribution >= 4 is 45.4 Å². The van der Waals surface area contributed by atoms with Crippen molar-refractivity contribution in [2.45, 2.75) is 13.0 Å². The third-order valence-corrected chi connectivity index (χ3v) is 3.40. The van der Waals surface area contributed by atoms with Gasteiger partial charge in [0, 0.05) is 40.7 Å². The van der Waals surface area contributed by atoms with Crippen LogP contribution >= 0.6 is 28.1 Å². The summed E-state index contributed by atoms with van der Waals surface area (Å²) >= 11 is 8.10. The van der Waals surface area contributed by atoms with Gasteiger partial charge >= 0.3 is 0 Å². The first-order valence-corrected chi connectivity index (χ1v) is 7.77. The largest absolute Gasteiger partial charge is 0.550 e. The molecule has 120 valence electrons. The van der Waals surface area contributed by atoms with Gasteiger partial charge in [0.1, 0.15) is 5.69 Å². The van der Waals surface area contributed by atoms with Crippen LogP contribution in [0.3, 0.4) is 0 Å². The van der Waals surface area contributed by atoms with Crippen molar-refractivity contribution in [3.05, 3.63) is 40.5 Å². The monoisotopic (exact) mass is 394 g/mol. The second-order valence-corrected chi connectivity index (χ2v) is 5.92. The first-order chi connectivity index (χ1) is 11.0. The van der Waals surface area contributed by atoms with E-state index in [4.69, 9.17) is 5.73 Å². The molecule has 2 rings (SSSR count). The van der Waals surface area contributed by atoms with Crippen LogP contribution in [0.4, 0.5) is 0 Å². The maximum atomic E-state index is 10.6. The zero-order valence-corrected chi connectivity index (χ0v) is 14.3. The number of thiocarbonyl (C=S) groups is 1. The predicted octanol–water partition coefficient (Wildman–Crippen LogP) is 0.620. The SMILES string of the molecule is NC(=S)NN=Cc1cn(CCC(=O)[O-])nc1-c1cccc(Br)c1. The summed E-state index contributed by atoms with van der Waals surface area (Å²) < 4.78 is 2.44. The van der Waals surface area contributed by atoms with Crippen LogP contribution in [0.5, 0.6) is 0 Å². The fourth-order valence-electron chi connectivity index (χ4n) is 1.88. The number of rotatable bonds is 6. The Morgan fingerprint density at radius 1 is 1.57 bits per heavy atom. The summed E-state index contributed by atoms with van der Waals surface area (Å²) in [6, 6.07) is 7.59. The molecule has 9 heteroatoms. The van der Waals surface area contributed by atoms with Gasteiger partial charge in [0.15, 0.2) is 5.11 Å². The molecule has 0 aliphatic heterocycles. The van der Waals surface area contributed by atoms with E-state index in [0.29, 0.717) is 11.3 Å². The van der Waals surface area contributed by atoms with Gasteiger partial charge in [-0.1, -0.05) is 28.1 Å². The van der Waals surface area contributed by atoms with E-state index >= 15 is 0 Å². The third kappa shape index (κ3) is 5.15. The van der Waals surface area contributed by atoms with E-state index in [0.717, 1.165) is 10.0 Å². The van der Waals surface area contributed by atoms with E-state index in [1.165, 1.54) is 10.9 Å². The lowest BCUT2D eigenvalue weighted by Gasteiger charge is -2.02. The highest BCUT2D eigenvalue weighted by Gasteiger charge is 2.10. The first kappa shape index (κ1) is 17.1. The van der Waals surface area contributed by atoms with Crippen LogP contribution < -0.4 is 16.3 Å². The van der Waals surface area contributed by atoms with E-state index in [2.05, 4.69) is 43.8 Å². The van der Waals surface area contributed by atoms with Gasteiger partial charge in [0.2, 0.25) is 0 Å². The molecule has 0 unspecified atom stereocenters. The average Bonchev–Trinajstić information content (AvgIpc) is 2.88. The number of aryl methyl sites for hydroxylation is 1. The molecule has 0 amide bonds. The molecule has 0 atom stereocenters. The lowest BCUT2D eigenvalue weighted by Crippen LogP contribution is -2.24. The summed E-state index contributed by atoms with van der Waals surface area (Å²) in [5, 5.41) is 19.0. The molecule has 0 saturated heterocycles. The van der Waals surface area contributed by atoms with Crippen molar-refractivity contribution < 1.29 is 9.90 Å². The van der Waals surface area contributed by atoms with Gasteiger partial charge in [-0.25, -0.2) is 0 Å². The highest BCUT2D eigenvalue weighted by Crippen LogP contribution is 2.24. The molecule has 0 radical (unpaired) electrons. The Morgan fingerprint density at radius 2 is 2.35 bits per heavy atom. The molecule has 0 saturated carbocycles. The summed E-state index contributed by atoms with van der Waals surface area (Å²) in [6.07, 6.45) is 3.10. The lowest BCUT2D eigenvalue weighted by molar-refractivity contribution is -0.306. The molecule has 3 N–H and O–H groups in total. The molecule has 0 aliphatic carbocycles. The second-order valence-electron chi connectivity index (χ2n) is 4.56. The number of carbonyl (C=O) groups is 1. The summed E-state index contributed by atoms with van der Waals surface area (Å²) in [5.41, 5.74) is 10.0. The number of carboxylic acids is 1. The van der Waals surface area contributed by atoms with Crippen LogP contribution in [0, 0.1) is 0 Å². The fourth-order valence-corrected chi connectivity index (χ4v) is 2.33. The minimum absolute atomic E-state index is 0.0506. The Hall–Kier alpha value is -2.26. The Balaban J connectivity index is 2.34. The van der Waals surface area contributed by atoms with Gasteiger partial charge < -0.3 is 15.6 Å². The summed E-state index contributed by atoms with van der Waals surface area (Å²) in [5.74, 6) is -1.13. The molecular weight excluding hydrogens is 382 g/mol. The van der Waals surface area contributed by atoms with Crippen LogP contribution in [-0.4, -0.2) is 27.1 Å². The number of carboxylic acid groups (broad SMARTS) is 1. The molecular formula is C14H13BrN5O2S-. The number of halogens is 1. The molecule has 1 aromatic heterocycles. The number of nitrogens with zero attached hydrogens (tertiary/aromatic N) is 3. The van der Waals surface area contributed by atoms with Gasteiger partial charge in [-0.05, 0) is 24.4 Å². The summed E-state index contributed by atoms with van der Waals surface area (Å²) in [4.78, 5) is 10.6. The topological polar surface area (TPSA) is 108 Å². The maximum Gasteiger partial charge on any atom is 0.184 e. The van der Waals surface area contributed by atoms with Gasteiger partial charge in [-0.3, -0.25) is 10.1 Å². The number of hydrogen-bond donors (Lipinski definition) is 2. The molecule has 0 spiro atoms. The fraction of sp³-hybridized carbons (Fsp3) is 0.143. The van der Waals surface area contributed by atoms with Gasteiger partial charge in [0.25, 0.3) is 0 Å². The number of hydrazone groups is 1. The van der Waals surface area contributed by atoms with Crippen molar-refractivity contribution in [1.29, 1.82) is 0 Å². The molecule has 2 aromatic rings. The minimum atomic E-state index is -1.13. The van der Waals surface area contributed by atoms with Crippen molar-refractivity contribution in [3.8, 4) is 11.3 Å². The highest BCUT2D eigenvalue weighted by atomic mass is 79.9. The molecule has 7 nitrogen and oxygen atoms in total. The average molecular weight is 395 g/mol. The number of nitrogens with one attached hydrogen (secondary N) is 1. The van der Waals surface area contributed by atoms with Gasteiger partial charge in [0.05, 0.1) is 6.21 Å². The standard InChI is InChI=1S/C14H14BrN5O2S/c15-11-3-1-2-9(6-11)13-10(7-17-18-14(16)23)8-20(19-13)5-4-12(21)22/h1-3,6-8H,4-5H2,(H,21,22)(H3,16,18,23)/p-1. The Bertz CT molecular complexity index is 759. The Morgan fingerprint density at radius 3 is 3.00 bits per heavy atom. The predicted molar refractivity (Wildman–Crippen MR) is 92.5 cm³/mol. The normalized spacial score (nSPS) is 10.8. The van der Waals surface area contributed by atoms with E-state index in [9.17, 15) is 9.90 Å². The van der Waals surface area contributed by atoms with Crippen molar-refractivity contribution in [2.75, 3.05) is 0 Å². The van der Waals surface area contributed by atoms with Gasteiger partial charge in [-0.2, -0.15) is 10.2 Å². The smallest absolute Gasteiger partial charge is 0.184 e. The van der Waals surface area contributed by atoms with Crippen molar-refractivity contribution in [1.82, 2.24) is 15.2 Å². The number of aromatic nitrogens is 2. The molecule has 0 fully saturated rings. The summed E-state index contributed by atoms with van der Waals surface area (Å²) in [6.45, 7) is 0.208. The lowest BCUT2D eigenvalue weighted by atomic mass is 10.1. The molecule has 23 heavy (non-hydrogen) atoms. The van der Waals surface area contributed by atoms with Crippen molar-refractivity contribution in [3.63, 3.8) is 0 Å². The first-order valence-electron chi connectivity index (χ1n) is 6.57. The third-order valence-electron chi connectivity index (χ3n) is 2.81. The number of benzene rings is 1. The van der Waals surface area contributed by atoms with Gasteiger partial charge in [-0.15, -0.1) is 0 Å². The summed E-state index contributed by atoms with van der Waals surface area (Å²) in [7, 11) is 0. The number of nitrogens with two attached hydrogens (primary N) is 1. The van der Waals surface area contributed by atoms with Crippen LogP contribution in [-0.2, 0) is 11.3 Å². The molecule has 0 bridgehead atoms. The highest BCUT2D eigenvalue weighted by molar-refractivity contribution is 9.10. The quantitative estimate of drug-likeness (QED) is 0.422. The zero-order valence-electron chi connectivity index (χ0n) is 11.9.